The predicted molar refractivity (Wildman–Crippen MR) is 263 cm³/mol. The van der Waals surface area contributed by atoms with Crippen molar-refractivity contribution < 1.29 is 28.7 Å². The van der Waals surface area contributed by atoms with Crippen LogP contribution in [0, 0.1) is 13.8 Å². The molecule has 1 atom stereocenters. The summed E-state index contributed by atoms with van der Waals surface area (Å²) in [5.74, 6) is 0.981. The van der Waals surface area contributed by atoms with Crippen molar-refractivity contribution in [2.45, 2.75) is 45.7 Å². The molecule has 4 N–H and O–H groups in total. The molecule has 69 heavy (non-hydrogen) atoms. The number of anilines is 5. The van der Waals surface area contributed by atoms with E-state index in [1.54, 1.807) is 48.5 Å². The maximum Gasteiger partial charge on any atom is 0.267 e. The maximum atomic E-state index is 13.2. The highest BCUT2D eigenvalue weighted by molar-refractivity contribution is 7.17. The average molecular weight is 968 g/mol. The lowest BCUT2D eigenvalue weighted by Gasteiger charge is -2.35. The first-order chi connectivity index (χ1) is 33.4. The molecule has 20 heteroatoms. The van der Waals surface area contributed by atoms with Crippen LogP contribution in [0.2, 0.25) is 5.02 Å². The number of hydrogen-bond acceptors (Lipinski definition) is 15. The van der Waals surface area contributed by atoms with E-state index < -0.39 is 11.9 Å². The van der Waals surface area contributed by atoms with Crippen molar-refractivity contribution in [2.24, 2.45) is 10.2 Å². The van der Waals surface area contributed by atoms with Gasteiger partial charge in [-0.1, -0.05) is 41.1 Å². The van der Waals surface area contributed by atoms with Gasteiger partial charge in [0.15, 0.2) is 5.13 Å². The Hall–Kier alpha value is -7.61. The molecule has 9 rings (SSSR count). The summed E-state index contributed by atoms with van der Waals surface area (Å²) in [6.45, 7) is 8.73. The zero-order valence-corrected chi connectivity index (χ0v) is 39.3. The summed E-state index contributed by atoms with van der Waals surface area (Å²) >= 11 is 7.53. The van der Waals surface area contributed by atoms with Gasteiger partial charge in [0.05, 0.1) is 34.9 Å². The van der Waals surface area contributed by atoms with E-state index in [-0.39, 0.29) is 43.0 Å². The smallest absolute Gasteiger partial charge is 0.267 e. The number of aromatic nitrogens is 3. The number of nitrogens with zero attached hydrogens (tertiary/aromatic N) is 8. The SMILES string of the molecule is Cc1nc(Nc2ncc(C(=O)Nc3c(C)cccc3Cl)s2)cc(N2CCN(CCCOc3ccc(N=Nc4ccc(C(=O)Nc5cccc6c5CN(C5CCC(=O)NC5=O)C6=O)cc4)cc3)CC2)n1. The Labute approximate surface area is 406 Å². The van der Waals surface area contributed by atoms with Crippen LogP contribution in [-0.4, -0.2) is 99.7 Å². The van der Waals surface area contributed by atoms with Crippen LogP contribution in [0.25, 0.3) is 0 Å². The number of piperidine rings is 1. The number of rotatable bonds is 15. The fourth-order valence-corrected chi connectivity index (χ4v) is 9.26. The summed E-state index contributed by atoms with van der Waals surface area (Å²) in [5.41, 5.74) is 4.55. The minimum absolute atomic E-state index is 0.146. The van der Waals surface area contributed by atoms with E-state index in [1.165, 1.54) is 22.4 Å². The number of carbonyl (C=O) groups is 5. The van der Waals surface area contributed by atoms with E-state index in [0.717, 1.165) is 56.3 Å². The number of nitrogens with one attached hydrogen (secondary N) is 4. The zero-order valence-electron chi connectivity index (χ0n) is 37.7. The molecule has 0 saturated carbocycles. The quantitative estimate of drug-likeness (QED) is 0.0435. The Morgan fingerprint density at radius 1 is 0.884 bits per heavy atom. The second kappa shape index (κ2) is 20.7. The fourth-order valence-electron chi connectivity index (χ4n) is 8.27. The number of benzene rings is 4. The molecule has 3 aliphatic heterocycles. The van der Waals surface area contributed by atoms with Crippen LogP contribution < -0.4 is 30.9 Å². The largest absolute Gasteiger partial charge is 0.494 e. The average Bonchev–Trinajstić information content (AvgIpc) is 3.96. The first kappa shape index (κ1) is 46.5. The number of fused-ring (bicyclic) bond motifs is 1. The highest BCUT2D eigenvalue weighted by Crippen LogP contribution is 2.33. The molecule has 6 aromatic rings. The molecular weight excluding hydrogens is 920 g/mol. The number of thiazole rings is 1. The first-order valence-electron chi connectivity index (χ1n) is 22.4. The molecule has 2 aromatic heterocycles. The van der Waals surface area contributed by atoms with Crippen molar-refractivity contribution in [3.05, 3.63) is 135 Å². The van der Waals surface area contributed by atoms with E-state index in [2.05, 4.69) is 51.3 Å². The Kier molecular flexibility index (Phi) is 14.0. The molecule has 352 valence electrons. The summed E-state index contributed by atoms with van der Waals surface area (Å²) < 4.78 is 6.03. The van der Waals surface area contributed by atoms with Gasteiger partial charge in [0.1, 0.15) is 34.1 Å². The Morgan fingerprint density at radius 2 is 1.62 bits per heavy atom. The second-order valence-electron chi connectivity index (χ2n) is 16.7. The van der Waals surface area contributed by atoms with Gasteiger partial charge in [0.2, 0.25) is 11.8 Å². The van der Waals surface area contributed by atoms with Crippen LogP contribution in [-0.2, 0) is 16.1 Å². The van der Waals surface area contributed by atoms with Crippen LogP contribution in [0.15, 0.2) is 107 Å². The van der Waals surface area contributed by atoms with Gasteiger partial charge in [0.25, 0.3) is 17.7 Å². The monoisotopic (exact) mass is 966 g/mol. The van der Waals surface area contributed by atoms with Crippen LogP contribution in [0.4, 0.5) is 39.5 Å². The number of ether oxygens (including phenoxy) is 1. The van der Waals surface area contributed by atoms with E-state index in [4.69, 9.17) is 21.3 Å². The zero-order chi connectivity index (χ0) is 48.0. The van der Waals surface area contributed by atoms with Gasteiger partial charge in [-0.2, -0.15) is 10.2 Å². The molecule has 0 radical (unpaired) electrons. The Morgan fingerprint density at radius 3 is 2.36 bits per heavy atom. The number of carbonyl (C=O) groups excluding carboxylic acids is 5. The molecule has 4 aromatic carbocycles. The molecule has 0 spiro atoms. The molecule has 2 saturated heterocycles. The van der Waals surface area contributed by atoms with Gasteiger partial charge >= 0.3 is 0 Å². The van der Waals surface area contributed by atoms with Crippen molar-refractivity contribution in [1.82, 2.24) is 30.1 Å². The Balaban J connectivity index is 0.691. The van der Waals surface area contributed by atoms with Crippen molar-refractivity contribution in [1.29, 1.82) is 0 Å². The normalized spacial score (nSPS) is 16.1. The molecule has 18 nitrogen and oxygen atoms in total. The van der Waals surface area contributed by atoms with Gasteiger partial charge in [-0.25, -0.2) is 15.0 Å². The van der Waals surface area contributed by atoms with E-state index in [0.29, 0.717) is 72.7 Å². The standard InChI is InChI=1S/C49H47ClN12O6S/c1-29-6-3-8-37(50)44(29)57-47(66)40-27-51-49(69-40)55-41-26-42(53-30(2)52-41)61-23-21-60(22-24-61)20-5-25-68-34-16-14-33(15-17-34)59-58-32-12-10-31(11-13-32)45(64)54-38-9-4-7-35-36(38)28-62(48(35)67)39-18-19-43(63)56-46(39)65/h3-4,6-17,26-27,39H,5,18-25,28H2,1-2H3,(H,54,64)(H,57,66)(H,56,63,65)(H,51,52,53,55). The molecule has 2 fully saturated rings. The topological polar surface area (TPSA) is 216 Å². The molecular formula is C49H47ClN12O6S. The molecule has 5 amide bonds. The summed E-state index contributed by atoms with van der Waals surface area (Å²) in [5, 5.41) is 21.0. The van der Waals surface area contributed by atoms with Crippen LogP contribution in [0.3, 0.4) is 0 Å². The number of para-hydroxylation sites is 1. The number of imide groups is 1. The van der Waals surface area contributed by atoms with Crippen LogP contribution >= 0.6 is 22.9 Å². The number of halogens is 1. The second-order valence-corrected chi connectivity index (χ2v) is 18.1. The lowest BCUT2D eigenvalue weighted by molar-refractivity contribution is -0.136. The first-order valence-corrected chi connectivity index (χ1v) is 23.6. The Bertz CT molecular complexity index is 2940. The van der Waals surface area contributed by atoms with Crippen LogP contribution in [0.5, 0.6) is 5.75 Å². The lowest BCUT2D eigenvalue weighted by atomic mass is 10.0. The fraction of sp³-hybridized carbons (Fsp3) is 0.265. The number of hydrogen-bond donors (Lipinski definition) is 4. The predicted octanol–water partition coefficient (Wildman–Crippen LogP) is 8.22. The molecule has 0 aliphatic carbocycles. The van der Waals surface area contributed by atoms with Gasteiger partial charge in [-0.15, -0.1) is 0 Å². The lowest BCUT2D eigenvalue weighted by Crippen LogP contribution is -2.52. The van der Waals surface area contributed by atoms with Crippen molar-refractivity contribution in [3.8, 4) is 5.75 Å². The van der Waals surface area contributed by atoms with E-state index in [1.807, 2.05) is 56.3 Å². The number of azo groups is 1. The maximum absolute atomic E-state index is 13.2. The third-order valence-electron chi connectivity index (χ3n) is 11.9. The third-order valence-corrected chi connectivity index (χ3v) is 13.1. The third kappa shape index (κ3) is 11.1. The summed E-state index contributed by atoms with van der Waals surface area (Å²) in [6.07, 6.45) is 2.80. The summed E-state index contributed by atoms with van der Waals surface area (Å²) in [7, 11) is 0. The molecule has 1 unspecified atom stereocenters. The molecule has 0 bridgehead atoms. The molecule has 3 aliphatic rings. The van der Waals surface area contributed by atoms with Gasteiger partial charge < -0.3 is 30.5 Å². The summed E-state index contributed by atoms with van der Waals surface area (Å²) in [6, 6.07) is 25.8. The highest BCUT2D eigenvalue weighted by Gasteiger charge is 2.40. The van der Waals surface area contributed by atoms with E-state index in [9.17, 15) is 24.0 Å². The van der Waals surface area contributed by atoms with Gasteiger partial charge in [0, 0.05) is 74.1 Å². The summed E-state index contributed by atoms with van der Waals surface area (Å²) in [4.78, 5) is 83.7. The minimum Gasteiger partial charge on any atom is -0.494 e. The van der Waals surface area contributed by atoms with Crippen molar-refractivity contribution in [2.75, 3.05) is 60.2 Å². The number of amides is 5. The van der Waals surface area contributed by atoms with Crippen LogP contribution in [0.1, 0.15) is 66.6 Å². The van der Waals surface area contributed by atoms with Crippen molar-refractivity contribution in [3.63, 3.8) is 0 Å². The van der Waals surface area contributed by atoms with Gasteiger partial charge in [-0.3, -0.25) is 34.2 Å². The van der Waals surface area contributed by atoms with Crippen molar-refractivity contribution >= 4 is 92.0 Å². The highest BCUT2D eigenvalue weighted by atomic mass is 35.5. The molecule has 5 heterocycles. The minimum atomic E-state index is -0.748. The van der Waals surface area contributed by atoms with E-state index >= 15 is 0 Å². The number of piperazine rings is 1. The van der Waals surface area contributed by atoms with Gasteiger partial charge in [-0.05, 0) is 99.0 Å². The number of aryl methyl sites for hydroxylation is 2.